The molecule has 0 aliphatic heterocycles. The van der Waals surface area contributed by atoms with Gasteiger partial charge in [0.05, 0.1) is 5.92 Å². The fourth-order valence-corrected chi connectivity index (χ4v) is 0.955. The first-order valence-electron chi connectivity index (χ1n) is 5.34. The normalized spacial score (nSPS) is 14.7. The molecule has 0 aromatic carbocycles. The van der Waals surface area contributed by atoms with Crippen molar-refractivity contribution < 1.29 is 14.7 Å². The van der Waals surface area contributed by atoms with Crippen LogP contribution in [0.5, 0.6) is 0 Å². The summed E-state index contributed by atoms with van der Waals surface area (Å²) in [5, 5.41) is 11.2. The fourth-order valence-electron chi connectivity index (χ4n) is 0.955. The van der Waals surface area contributed by atoms with E-state index in [-0.39, 0.29) is 12.5 Å². The van der Waals surface area contributed by atoms with E-state index in [0.29, 0.717) is 18.3 Å². The van der Waals surface area contributed by atoms with Crippen LogP contribution in [0.1, 0.15) is 34.1 Å². The number of rotatable bonds is 6. The Bertz CT molecular complexity index is 226. The van der Waals surface area contributed by atoms with Gasteiger partial charge in [-0.05, 0) is 11.8 Å². The van der Waals surface area contributed by atoms with Crippen LogP contribution in [0.4, 0.5) is 0 Å². The van der Waals surface area contributed by atoms with Crippen molar-refractivity contribution in [3.8, 4) is 0 Å². The molecule has 2 atom stereocenters. The summed E-state index contributed by atoms with van der Waals surface area (Å²) in [4.78, 5) is 21.9. The van der Waals surface area contributed by atoms with Crippen molar-refractivity contribution >= 4 is 11.9 Å². The van der Waals surface area contributed by atoms with E-state index in [1.54, 1.807) is 6.92 Å². The van der Waals surface area contributed by atoms with Crippen molar-refractivity contribution in [1.29, 1.82) is 0 Å². The van der Waals surface area contributed by atoms with Gasteiger partial charge in [0.15, 0.2) is 0 Å². The lowest BCUT2D eigenvalue weighted by Gasteiger charge is -2.15. The summed E-state index contributed by atoms with van der Waals surface area (Å²) in [5.74, 6) is -0.683. The second-order valence-corrected chi connectivity index (χ2v) is 4.47. The van der Waals surface area contributed by atoms with Gasteiger partial charge >= 0.3 is 5.97 Å². The van der Waals surface area contributed by atoms with Gasteiger partial charge in [-0.2, -0.15) is 0 Å². The minimum atomic E-state index is -0.882. The van der Waals surface area contributed by atoms with Gasteiger partial charge in [-0.1, -0.05) is 27.7 Å². The molecule has 0 aromatic rings. The second kappa shape index (κ2) is 6.43. The molecular weight excluding hydrogens is 194 g/mol. The summed E-state index contributed by atoms with van der Waals surface area (Å²) in [6.07, 6.45) is 0.462. The molecule has 0 radical (unpaired) electrons. The lowest BCUT2D eigenvalue weighted by atomic mass is 9.94. The Labute approximate surface area is 91.1 Å². The number of carboxylic acid groups (broad SMARTS) is 1. The van der Waals surface area contributed by atoms with E-state index in [1.807, 2.05) is 6.92 Å². The molecule has 0 fully saturated rings. The van der Waals surface area contributed by atoms with Crippen LogP contribution in [0, 0.1) is 17.8 Å². The number of aliphatic carboxylic acids is 1. The number of nitrogens with one attached hydrogen (secondary N) is 1. The topological polar surface area (TPSA) is 66.4 Å². The lowest BCUT2D eigenvalue weighted by molar-refractivity contribution is -0.141. The van der Waals surface area contributed by atoms with Crippen molar-refractivity contribution in [2.45, 2.75) is 34.1 Å². The molecule has 0 aliphatic rings. The molecule has 0 heterocycles. The highest BCUT2D eigenvalue weighted by molar-refractivity contribution is 5.77. The van der Waals surface area contributed by atoms with Gasteiger partial charge in [0.25, 0.3) is 0 Å². The van der Waals surface area contributed by atoms with Crippen molar-refractivity contribution in [3.63, 3.8) is 0 Å². The minimum absolute atomic E-state index is 0.0655. The van der Waals surface area contributed by atoms with E-state index in [1.165, 1.54) is 0 Å². The lowest BCUT2D eigenvalue weighted by Crippen LogP contribution is -2.32. The monoisotopic (exact) mass is 215 g/mol. The summed E-state index contributed by atoms with van der Waals surface area (Å²) >= 11 is 0. The summed E-state index contributed by atoms with van der Waals surface area (Å²) in [7, 11) is 0. The number of carbonyl (C=O) groups excluding carboxylic acids is 1. The summed E-state index contributed by atoms with van der Waals surface area (Å²) in [6.45, 7) is 7.94. The van der Waals surface area contributed by atoms with E-state index in [4.69, 9.17) is 5.11 Å². The highest BCUT2D eigenvalue weighted by Crippen LogP contribution is 2.13. The first-order chi connectivity index (χ1) is 6.84. The summed E-state index contributed by atoms with van der Waals surface area (Å²) < 4.78 is 0. The summed E-state index contributed by atoms with van der Waals surface area (Å²) in [5.41, 5.74) is 0. The molecule has 0 bridgehead atoms. The van der Waals surface area contributed by atoms with E-state index < -0.39 is 11.9 Å². The molecule has 2 unspecified atom stereocenters. The SMILES string of the molecule is CC(CNC(=O)CC(C)C(C)C)C(=O)O. The maximum Gasteiger partial charge on any atom is 0.308 e. The zero-order chi connectivity index (χ0) is 12.0. The Morgan fingerprint density at radius 3 is 2.13 bits per heavy atom. The third-order valence-electron chi connectivity index (χ3n) is 2.67. The van der Waals surface area contributed by atoms with Crippen LogP contribution < -0.4 is 5.32 Å². The van der Waals surface area contributed by atoms with Gasteiger partial charge in [-0.25, -0.2) is 0 Å². The molecule has 4 nitrogen and oxygen atoms in total. The highest BCUT2D eigenvalue weighted by Gasteiger charge is 2.15. The number of carbonyl (C=O) groups is 2. The van der Waals surface area contributed by atoms with Crippen LogP contribution in [0.15, 0.2) is 0 Å². The number of hydrogen-bond donors (Lipinski definition) is 2. The predicted molar refractivity (Wildman–Crippen MR) is 58.4 cm³/mol. The first kappa shape index (κ1) is 13.9. The Morgan fingerprint density at radius 1 is 1.20 bits per heavy atom. The van der Waals surface area contributed by atoms with Crippen LogP contribution in [-0.4, -0.2) is 23.5 Å². The largest absolute Gasteiger partial charge is 0.481 e. The minimum Gasteiger partial charge on any atom is -0.481 e. The third-order valence-corrected chi connectivity index (χ3v) is 2.67. The van der Waals surface area contributed by atoms with Gasteiger partial charge in [0, 0.05) is 13.0 Å². The van der Waals surface area contributed by atoms with E-state index in [2.05, 4.69) is 19.2 Å². The molecule has 2 N–H and O–H groups in total. The zero-order valence-corrected chi connectivity index (χ0v) is 9.91. The Balaban J connectivity index is 3.80. The van der Waals surface area contributed by atoms with Gasteiger partial charge in [-0.3, -0.25) is 9.59 Å². The van der Waals surface area contributed by atoms with Crippen molar-refractivity contribution in [1.82, 2.24) is 5.32 Å². The molecule has 0 rings (SSSR count). The Kier molecular flexibility index (Phi) is 5.97. The third kappa shape index (κ3) is 6.10. The van der Waals surface area contributed by atoms with Gasteiger partial charge < -0.3 is 10.4 Å². The first-order valence-corrected chi connectivity index (χ1v) is 5.34. The average Bonchev–Trinajstić information content (AvgIpc) is 2.13. The van der Waals surface area contributed by atoms with Crippen molar-refractivity contribution in [2.75, 3.05) is 6.54 Å². The molecule has 0 aliphatic carbocycles. The van der Waals surface area contributed by atoms with Crippen LogP contribution >= 0.6 is 0 Å². The molecule has 0 spiro atoms. The smallest absolute Gasteiger partial charge is 0.308 e. The Hall–Kier alpha value is -1.06. The summed E-state index contributed by atoms with van der Waals surface area (Å²) in [6, 6.07) is 0. The number of amides is 1. The average molecular weight is 215 g/mol. The molecule has 0 saturated carbocycles. The van der Waals surface area contributed by atoms with Gasteiger partial charge in [0.1, 0.15) is 0 Å². The fraction of sp³-hybridized carbons (Fsp3) is 0.818. The van der Waals surface area contributed by atoms with Gasteiger partial charge in [-0.15, -0.1) is 0 Å². The van der Waals surface area contributed by atoms with Crippen LogP contribution in [0.3, 0.4) is 0 Å². The van der Waals surface area contributed by atoms with E-state index >= 15 is 0 Å². The zero-order valence-electron chi connectivity index (χ0n) is 9.91. The molecule has 0 saturated heterocycles. The van der Waals surface area contributed by atoms with E-state index in [0.717, 1.165) is 0 Å². The van der Waals surface area contributed by atoms with Crippen molar-refractivity contribution in [2.24, 2.45) is 17.8 Å². The van der Waals surface area contributed by atoms with Crippen molar-refractivity contribution in [3.05, 3.63) is 0 Å². The maximum atomic E-state index is 11.4. The molecule has 88 valence electrons. The highest BCUT2D eigenvalue weighted by atomic mass is 16.4. The molecule has 0 aromatic heterocycles. The van der Waals surface area contributed by atoms with E-state index in [9.17, 15) is 9.59 Å². The second-order valence-electron chi connectivity index (χ2n) is 4.47. The Morgan fingerprint density at radius 2 is 1.73 bits per heavy atom. The standard InChI is InChI=1S/C11H21NO3/c1-7(2)8(3)5-10(13)12-6-9(4)11(14)15/h7-9H,5-6H2,1-4H3,(H,12,13)(H,14,15). The molecule has 4 heteroatoms. The number of hydrogen-bond acceptors (Lipinski definition) is 2. The maximum absolute atomic E-state index is 11.4. The quantitative estimate of drug-likeness (QED) is 0.705. The molecule has 15 heavy (non-hydrogen) atoms. The van der Waals surface area contributed by atoms with Crippen LogP contribution in [0.2, 0.25) is 0 Å². The molecule has 1 amide bonds. The van der Waals surface area contributed by atoms with Crippen LogP contribution in [0.25, 0.3) is 0 Å². The van der Waals surface area contributed by atoms with Gasteiger partial charge in [0.2, 0.25) is 5.91 Å². The number of carboxylic acids is 1. The molecular formula is C11H21NO3. The predicted octanol–water partition coefficient (Wildman–Crippen LogP) is 1.51. The van der Waals surface area contributed by atoms with Crippen LogP contribution in [-0.2, 0) is 9.59 Å².